The molecule has 0 aliphatic heterocycles. The smallest absolute Gasteiger partial charge is 0.180 e. The van der Waals surface area contributed by atoms with E-state index in [-0.39, 0.29) is 5.82 Å². The Balaban J connectivity index is 0.000000574. The number of thiazole rings is 1. The molecule has 0 aromatic carbocycles. The second-order valence-corrected chi connectivity index (χ2v) is 4.21. The average molecular weight is 264 g/mol. The fourth-order valence-corrected chi connectivity index (χ4v) is 2.16. The van der Waals surface area contributed by atoms with Crippen molar-refractivity contribution >= 4 is 27.5 Å². The molecule has 94 valence electrons. The molecule has 4 nitrogen and oxygen atoms in total. The summed E-state index contributed by atoms with van der Waals surface area (Å²) in [5.74, 6) is -0.364. The number of nitrogens with one attached hydrogen (secondary N) is 1. The summed E-state index contributed by atoms with van der Waals surface area (Å²) in [6, 6.07) is 1.43. The number of fused-ring (bicyclic) bond motifs is 1. The van der Waals surface area contributed by atoms with E-state index in [1.807, 2.05) is 19.2 Å². The van der Waals surface area contributed by atoms with Gasteiger partial charge in [0.15, 0.2) is 5.13 Å². The summed E-state index contributed by atoms with van der Waals surface area (Å²) >= 11 is 1.35. The lowest BCUT2D eigenvalue weighted by atomic mass is 10.2. The Morgan fingerprint density at radius 3 is 2.83 bits per heavy atom. The van der Waals surface area contributed by atoms with Crippen LogP contribution in [0, 0.1) is 5.82 Å². The summed E-state index contributed by atoms with van der Waals surface area (Å²) in [6.45, 7) is 4.00. The number of rotatable bonds is 1. The third kappa shape index (κ3) is 2.19. The maximum atomic E-state index is 13.1. The molecule has 3 rings (SSSR count). The lowest BCUT2D eigenvalue weighted by Gasteiger charge is -1.93. The number of hydrogen-bond donors (Lipinski definition) is 2. The first kappa shape index (κ1) is 12.5. The molecular formula is C12H13FN4S. The van der Waals surface area contributed by atoms with Gasteiger partial charge >= 0.3 is 0 Å². The van der Waals surface area contributed by atoms with Crippen LogP contribution in [0.25, 0.3) is 22.3 Å². The molecule has 0 unspecified atom stereocenters. The Morgan fingerprint density at radius 2 is 2.17 bits per heavy atom. The Morgan fingerprint density at radius 1 is 1.39 bits per heavy atom. The summed E-state index contributed by atoms with van der Waals surface area (Å²) in [5, 5.41) is 3.04. The second-order valence-electron chi connectivity index (χ2n) is 3.32. The number of halogens is 1. The highest BCUT2D eigenvalue weighted by Crippen LogP contribution is 2.29. The minimum atomic E-state index is -0.364. The molecule has 0 aliphatic carbocycles. The zero-order valence-electron chi connectivity index (χ0n) is 10.1. The van der Waals surface area contributed by atoms with Crippen LogP contribution in [0.15, 0.2) is 23.8 Å². The summed E-state index contributed by atoms with van der Waals surface area (Å²) in [4.78, 5) is 11.1. The fraction of sp³-hybridized carbons (Fsp3) is 0.167. The highest BCUT2D eigenvalue weighted by molar-refractivity contribution is 7.13. The Kier molecular flexibility index (Phi) is 3.57. The third-order valence-electron chi connectivity index (χ3n) is 2.30. The SMILES string of the molecule is CC.Nc1nc(-c2c[nH]c3ncc(F)cc23)cs1. The van der Waals surface area contributed by atoms with Gasteiger partial charge in [0.1, 0.15) is 11.5 Å². The van der Waals surface area contributed by atoms with Gasteiger partial charge in [0.05, 0.1) is 11.9 Å². The zero-order chi connectivity index (χ0) is 13.1. The van der Waals surface area contributed by atoms with Crippen molar-refractivity contribution in [2.75, 3.05) is 5.73 Å². The summed E-state index contributed by atoms with van der Waals surface area (Å²) < 4.78 is 13.1. The minimum absolute atomic E-state index is 0.364. The van der Waals surface area contributed by atoms with Gasteiger partial charge in [0.25, 0.3) is 0 Å². The lowest BCUT2D eigenvalue weighted by molar-refractivity contribution is 0.624. The van der Waals surface area contributed by atoms with Crippen LogP contribution in [0.4, 0.5) is 9.52 Å². The molecule has 0 fully saturated rings. The topological polar surface area (TPSA) is 67.6 Å². The molecule has 0 radical (unpaired) electrons. The van der Waals surface area contributed by atoms with Crippen LogP contribution in [0.3, 0.4) is 0 Å². The molecule has 0 aliphatic rings. The largest absolute Gasteiger partial charge is 0.375 e. The van der Waals surface area contributed by atoms with Crippen LogP contribution in [0.2, 0.25) is 0 Å². The number of nitrogens with zero attached hydrogens (tertiary/aromatic N) is 2. The Bertz CT molecular complexity index is 659. The molecule has 6 heteroatoms. The van der Waals surface area contributed by atoms with E-state index in [0.717, 1.165) is 11.3 Å². The highest BCUT2D eigenvalue weighted by atomic mass is 32.1. The number of hydrogen-bond acceptors (Lipinski definition) is 4. The second kappa shape index (κ2) is 5.14. The number of anilines is 1. The van der Waals surface area contributed by atoms with Crippen LogP contribution < -0.4 is 5.73 Å². The van der Waals surface area contributed by atoms with Crippen molar-refractivity contribution in [1.82, 2.24) is 15.0 Å². The van der Waals surface area contributed by atoms with Crippen molar-refractivity contribution in [1.29, 1.82) is 0 Å². The van der Waals surface area contributed by atoms with Crippen molar-refractivity contribution in [3.8, 4) is 11.3 Å². The maximum absolute atomic E-state index is 13.1. The van der Waals surface area contributed by atoms with E-state index >= 15 is 0 Å². The number of nitrogen functional groups attached to an aromatic ring is 1. The third-order valence-corrected chi connectivity index (χ3v) is 2.97. The van der Waals surface area contributed by atoms with E-state index in [1.165, 1.54) is 23.6 Å². The first-order chi connectivity index (χ1) is 8.74. The monoisotopic (exact) mass is 264 g/mol. The molecular weight excluding hydrogens is 251 g/mol. The average Bonchev–Trinajstić information content (AvgIpc) is 2.97. The zero-order valence-corrected chi connectivity index (χ0v) is 10.9. The van der Waals surface area contributed by atoms with Crippen LogP contribution in [0.5, 0.6) is 0 Å². The number of aromatic nitrogens is 3. The highest BCUT2D eigenvalue weighted by Gasteiger charge is 2.10. The van der Waals surface area contributed by atoms with Gasteiger partial charge in [0, 0.05) is 22.5 Å². The fourth-order valence-electron chi connectivity index (χ4n) is 1.60. The predicted octanol–water partition coefficient (Wildman–Crippen LogP) is 3.43. The van der Waals surface area contributed by atoms with Gasteiger partial charge in [-0.05, 0) is 6.07 Å². The van der Waals surface area contributed by atoms with Gasteiger partial charge < -0.3 is 10.7 Å². The van der Waals surface area contributed by atoms with Crippen LogP contribution >= 0.6 is 11.3 Å². The molecule has 0 saturated carbocycles. The maximum Gasteiger partial charge on any atom is 0.180 e. The first-order valence-corrected chi connectivity index (χ1v) is 6.46. The molecule has 3 aromatic heterocycles. The quantitative estimate of drug-likeness (QED) is 0.707. The van der Waals surface area contributed by atoms with E-state index < -0.39 is 0 Å². The molecule has 0 bridgehead atoms. The van der Waals surface area contributed by atoms with E-state index in [2.05, 4.69) is 15.0 Å². The van der Waals surface area contributed by atoms with E-state index in [4.69, 9.17) is 5.73 Å². The molecule has 0 saturated heterocycles. The molecule has 0 spiro atoms. The van der Waals surface area contributed by atoms with E-state index in [9.17, 15) is 4.39 Å². The molecule has 3 N–H and O–H groups in total. The van der Waals surface area contributed by atoms with Crippen molar-refractivity contribution in [2.45, 2.75) is 13.8 Å². The van der Waals surface area contributed by atoms with Crippen LogP contribution in [0.1, 0.15) is 13.8 Å². The van der Waals surface area contributed by atoms with E-state index in [1.54, 1.807) is 6.20 Å². The lowest BCUT2D eigenvalue weighted by Crippen LogP contribution is -1.83. The van der Waals surface area contributed by atoms with Crippen LogP contribution in [-0.2, 0) is 0 Å². The number of aromatic amines is 1. The van der Waals surface area contributed by atoms with Crippen molar-refractivity contribution < 1.29 is 4.39 Å². The van der Waals surface area contributed by atoms with Gasteiger partial charge in [-0.15, -0.1) is 11.3 Å². The van der Waals surface area contributed by atoms with Gasteiger partial charge in [-0.1, -0.05) is 13.8 Å². The summed E-state index contributed by atoms with van der Waals surface area (Å²) in [5.41, 5.74) is 7.76. The molecule has 3 aromatic rings. The number of pyridine rings is 1. The van der Waals surface area contributed by atoms with Gasteiger partial charge in [-0.2, -0.15) is 0 Å². The molecule has 3 heterocycles. The molecule has 18 heavy (non-hydrogen) atoms. The predicted molar refractivity (Wildman–Crippen MR) is 72.9 cm³/mol. The first-order valence-electron chi connectivity index (χ1n) is 5.58. The molecule has 0 atom stereocenters. The van der Waals surface area contributed by atoms with Crippen molar-refractivity contribution in [2.24, 2.45) is 0 Å². The Hall–Kier alpha value is -1.95. The van der Waals surface area contributed by atoms with Gasteiger partial charge in [0.2, 0.25) is 0 Å². The summed E-state index contributed by atoms with van der Waals surface area (Å²) in [7, 11) is 0. The van der Waals surface area contributed by atoms with Crippen LogP contribution in [-0.4, -0.2) is 15.0 Å². The Labute approximate surface area is 108 Å². The minimum Gasteiger partial charge on any atom is -0.375 e. The standard InChI is InChI=1S/C10H7FN4S.C2H6/c11-5-1-6-7(3-14-9(6)13-2-5)8-4-16-10(12)15-8;1-2/h1-4H,(H2,12,15)(H,13,14);1-2H3. The normalized spacial score (nSPS) is 10.2. The van der Waals surface area contributed by atoms with Crippen molar-refractivity contribution in [3.63, 3.8) is 0 Å². The molecule has 0 amide bonds. The number of H-pyrrole nitrogens is 1. The number of nitrogens with two attached hydrogens (primary N) is 1. The van der Waals surface area contributed by atoms with E-state index in [0.29, 0.717) is 16.2 Å². The van der Waals surface area contributed by atoms with Crippen molar-refractivity contribution in [3.05, 3.63) is 29.7 Å². The summed E-state index contributed by atoms with van der Waals surface area (Å²) in [6.07, 6.45) is 2.93. The van der Waals surface area contributed by atoms with Gasteiger partial charge in [-0.25, -0.2) is 14.4 Å². The van der Waals surface area contributed by atoms with Gasteiger partial charge in [-0.3, -0.25) is 0 Å².